The molecule has 0 fully saturated rings. The normalized spacial score (nSPS) is 10.5. The van der Waals surface area contributed by atoms with E-state index in [2.05, 4.69) is 0 Å². The first-order valence-corrected chi connectivity index (χ1v) is 3.98. The lowest BCUT2D eigenvalue weighted by molar-refractivity contribution is -0.0433. The zero-order chi connectivity index (χ0) is 10.0. The molecule has 0 atom stereocenters. The molecule has 0 aromatic heterocycles. The van der Waals surface area contributed by atoms with Gasteiger partial charge in [-0.1, -0.05) is 0 Å². The third kappa shape index (κ3) is 1.94. The highest BCUT2D eigenvalue weighted by Gasteiger charge is 2.10. The number of rotatable bonds is 2. The summed E-state index contributed by atoms with van der Waals surface area (Å²) < 4.78 is 0. The van der Waals surface area contributed by atoms with Crippen LogP contribution in [-0.2, 0) is 0 Å². The van der Waals surface area contributed by atoms with E-state index in [1.807, 2.05) is 0 Å². The molecule has 70 valence electrons. The van der Waals surface area contributed by atoms with Crippen LogP contribution in [0.5, 0.6) is 0 Å². The Labute approximate surface area is 76.6 Å². The molecule has 0 heterocycles. The molecule has 1 aromatic carbocycles. The van der Waals surface area contributed by atoms with E-state index in [1.165, 1.54) is 0 Å². The number of aryl methyl sites for hydroxylation is 2. The molecule has 0 radical (unpaired) electrons. The van der Waals surface area contributed by atoms with Crippen molar-refractivity contribution in [3.8, 4) is 0 Å². The largest absolute Gasteiger partial charge is 0.364 e. The standard InChI is InChI=1S/C10H12O3/c1-6-3-8(5-11)4-7(2)9(6)10(12)13/h3-5,10,12-13H,1-2H3. The Hall–Kier alpha value is -1.19. The van der Waals surface area contributed by atoms with Gasteiger partial charge in [-0.3, -0.25) is 4.79 Å². The Morgan fingerprint density at radius 3 is 2.00 bits per heavy atom. The molecule has 1 rings (SSSR count). The van der Waals surface area contributed by atoms with Gasteiger partial charge in [0.05, 0.1) is 0 Å². The Balaban J connectivity index is 3.31. The van der Waals surface area contributed by atoms with Gasteiger partial charge in [0.1, 0.15) is 6.29 Å². The van der Waals surface area contributed by atoms with Crippen molar-refractivity contribution in [2.45, 2.75) is 20.1 Å². The molecule has 0 aliphatic rings. The fraction of sp³-hybridized carbons (Fsp3) is 0.300. The SMILES string of the molecule is Cc1cc(C=O)cc(C)c1C(O)O. The Bertz CT molecular complexity index is 306. The highest BCUT2D eigenvalue weighted by Crippen LogP contribution is 2.21. The lowest BCUT2D eigenvalue weighted by Crippen LogP contribution is -2.02. The quantitative estimate of drug-likeness (QED) is 0.529. The summed E-state index contributed by atoms with van der Waals surface area (Å²) in [6.07, 6.45) is -0.728. The maximum Gasteiger partial charge on any atom is 0.178 e. The minimum atomic E-state index is -1.47. The molecule has 3 heteroatoms. The first-order valence-electron chi connectivity index (χ1n) is 3.98. The van der Waals surface area contributed by atoms with Gasteiger partial charge < -0.3 is 10.2 Å². The third-order valence-corrected chi connectivity index (χ3v) is 2.01. The van der Waals surface area contributed by atoms with Crippen molar-refractivity contribution >= 4 is 6.29 Å². The summed E-state index contributed by atoms with van der Waals surface area (Å²) in [6.45, 7) is 3.49. The van der Waals surface area contributed by atoms with Crippen LogP contribution in [-0.4, -0.2) is 16.5 Å². The van der Waals surface area contributed by atoms with Crippen molar-refractivity contribution in [2.75, 3.05) is 0 Å². The van der Waals surface area contributed by atoms with E-state index in [9.17, 15) is 4.79 Å². The molecule has 0 saturated carbocycles. The van der Waals surface area contributed by atoms with Crippen LogP contribution in [0.25, 0.3) is 0 Å². The Kier molecular flexibility index (Phi) is 2.80. The molecule has 13 heavy (non-hydrogen) atoms. The highest BCUT2D eigenvalue weighted by atomic mass is 16.5. The van der Waals surface area contributed by atoms with Crippen LogP contribution >= 0.6 is 0 Å². The van der Waals surface area contributed by atoms with Gasteiger partial charge in [-0.15, -0.1) is 0 Å². The maximum atomic E-state index is 10.5. The molecule has 2 N–H and O–H groups in total. The molecule has 3 nitrogen and oxygen atoms in total. The van der Waals surface area contributed by atoms with Crippen molar-refractivity contribution in [1.82, 2.24) is 0 Å². The second-order valence-corrected chi connectivity index (χ2v) is 3.06. The predicted octanol–water partition coefficient (Wildman–Crippen LogP) is 1.10. The Morgan fingerprint density at radius 2 is 1.69 bits per heavy atom. The summed E-state index contributed by atoms with van der Waals surface area (Å²) in [5.41, 5.74) is 2.47. The van der Waals surface area contributed by atoms with Crippen LogP contribution in [0.3, 0.4) is 0 Å². The van der Waals surface area contributed by atoms with E-state index in [4.69, 9.17) is 10.2 Å². The number of aliphatic hydroxyl groups is 2. The number of hydrogen-bond acceptors (Lipinski definition) is 3. The lowest BCUT2D eigenvalue weighted by atomic mass is 9.99. The lowest BCUT2D eigenvalue weighted by Gasteiger charge is -2.11. The van der Waals surface area contributed by atoms with Crippen molar-refractivity contribution in [2.24, 2.45) is 0 Å². The van der Waals surface area contributed by atoms with Gasteiger partial charge in [-0.2, -0.15) is 0 Å². The average Bonchev–Trinajstić information content (AvgIpc) is 2.02. The van der Waals surface area contributed by atoms with Crippen LogP contribution in [0.15, 0.2) is 12.1 Å². The molecule has 0 amide bonds. The molecule has 0 spiro atoms. The number of hydrogen-bond donors (Lipinski definition) is 2. The van der Waals surface area contributed by atoms with Gasteiger partial charge in [0.15, 0.2) is 6.29 Å². The first-order chi connectivity index (χ1) is 6.06. The van der Waals surface area contributed by atoms with Gasteiger partial charge in [0.25, 0.3) is 0 Å². The van der Waals surface area contributed by atoms with Crippen LogP contribution in [0.1, 0.15) is 33.3 Å². The number of benzene rings is 1. The van der Waals surface area contributed by atoms with Crippen molar-refractivity contribution in [3.05, 3.63) is 34.4 Å². The van der Waals surface area contributed by atoms with Gasteiger partial charge in [-0.25, -0.2) is 0 Å². The smallest absolute Gasteiger partial charge is 0.178 e. The molecule has 0 aliphatic carbocycles. The van der Waals surface area contributed by atoms with Crippen molar-refractivity contribution < 1.29 is 15.0 Å². The number of carbonyl (C=O) groups excluding carboxylic acids is 1. The monoisotopic (exact) mass is 180 g/mol. The van der Waals surface area contributed by atoms with Gasteiger partial charge in [0.2, 0.25) is 0 Å². The van der Waals surface area contributed by atoms with Gasteiger partial charge in [0, 0.05) is 11.1 Å². The maximum absolute atomic E-state index is 10.5. The number of aldehydes is 1. The number of aliphatic hydroxyl groups excluding tert-OH is 1. The third-order valence-electron chi connectivity index (χ3n) is 2.01. The van der Waals surface area contributed by atoms with Crippen LogP contribution in [0.4, 0.5) is 0 Å². The highest BCUT2D eigenvalue weighted by molar-refractivity contribution is 5.76. The molecule has 0 unspecified atom stereocenters. The summed E-state index contributed by atoms with van der Waals surface area (Å²) in [5, 5.41) is 18.0. The molecule has 0 saturated heterocycles. The van der Waals surface area contributed by atoms with Crippen LogP contribution in [0.2, 0.25) is 0 Å². The van der Waals surface area contributed by atoms with Crippen LogP contribution in [0, 0.1) is 13.8 Å². The van der Waals surface area contributed by atoms with E-state index < -0.39 is 6.29 Å². The average molecular weight is 180 g/mol. The van der Waals surface area contributed by atoms with E-state index in [0.29, 0.717) is 11.1 Å². The minimum absolute atomic E-state index is 0.477. The fourth-order valence-electron chi connectivity index (χ4n) is 1.48. The summed E-state index contributed by atoms with van der Waals surface area (Å²) >= 11 is 0. The Morgan fingerprint density at radius 1 is 1.23 bits per heavy atom. The van der Waals surface area contributed by atoms with E-state index >= 15 is 0 Å². The minimum Gasteiger partial charge on any atom is -0.364 e. The van der Waals surface area contributed by atoms with Gasteiger partial charge in [-0.05, 0) is 37.1 Å². The molecule has 1 aromatic rings. The first kappa shape index (κ1) is 9.89. The topological polar surface area (TPSA) is 57.5 Å². The predicted molar refractivity (Wildman–Crippen MR) is 48.5 cm³/mol. The van der Waals surface area contributed by atoms with E-state index in [1.54, 1.807) is 26.0 Å². The molecular formula is C10H12O3. The molecule has 0 aliphatic heterocycles. The zero-order valence-corrected chi connectivity index (χ0v) is 7.61. The number of carbonyl (C=O) groups is 1. The second kappa shape index (κ2) is 3.68. The summed E-state index contributed by atoms with van der Waals surface area (Å²) in [4.78, 5) is 10.5. The van der Waals surface area contributed by atoms with Crippen molar-refractivity contribution in [1.29, 1.82) is 0 Å². The molecular weight excluding hydrogens is 168 g/mol. The summed E-state index contributed by atoms with van der Waals surface area (Å²) in [5.74, 6) is 0. The van der Waals surface area contributed by atoms with Crippen molar-refractivity contribution in [3.63, 3.8) is 0 Å². The van der Waals surface area contributed by atoms with Crippen LogP contribution < -0.4 is 0 Å². The second-order valence-electron chi connectivity index (χ2n) is 3.06. The fourth-order valence-corrected chi connectivity index (χ4v) is 1.48. The zero-order valence-electron chi connectivity index (χ0n) is 7.61. The summed E-state index contributed by atoms with van der Waals surface area (Å²) in [6, 6.07) is 3.27. The molecule has 0 bridgehead atoms. The van der Waals surface area contributed by atoms with Gasteiger partial charge >= 0.3 is 0 Å². The summed E-state index contributed by atoms with van der Waals surface area (Å²) in [7, 11) is 0. The van der Waals surface area contributed by atoms with E-state index in [0.717, 1.165) is 17.4 Å². The van der Waals surface area contributed by atoms with E-state index in [-0.39, 0.29) is 0 Å².